The first-order chi connectivity index (χ1) is 14.5. The van der Waals surface area contributed by atoms with Crippen LogP contribution in [0, 0.1) is 15.9 Å². The molecule has 0 aliphatic rings. The number of aromatic nitrogens is 2. The van der Waals surface area contributed by atoms with E-state index in [9.17, 15) is 19.3 Å². The van der Waals surface area contributed by atoms with E-state index in [0.717, 1.165) is 6.07 Å². The zero-order valence-electron chi connectivity index (χ0n) is 15.8. The van der Waals surface area contributed by atoms with Crippen LogP contribution in [0.2, 0.25) is 0 Å². The van der Waals surface area contributed by atoms with Gasteiger partial charge in [-0.2, -0.15) is 4.98 Å². The molecule has 0 saturated carbocycles. The minimum atomic E-state index is -0.805. The number of nitro benzene ring substituents is 1. The summed E-state index contributed by atoms with van der Waals surface area (Å²) in [6.45, 7) is 0.423. The molecule has 11 heteroatoms. The highest BCUT2D eigenvalue weighted by molar-refractivity contribution is 5.96. The summed E-state index contributed by atoms with van der Waals surface area (Å²) in [4.78, 5) is 27.0. The fourth-order valence-electron chi connectivity index (χ4n) is 2.49. The van der Waals surface area contributed by atoms with Crippen LogP contribution in [0.15, 0.2) is 47.0 Å². The Morgan fingerprint density at radius 1 is 1.27 bits per heavy atom. The second-order valence-electron chi connectivity index (χ2n) is 6.00. The van der Waals surface area contributed by atoms with E-state index in [-0.39, 0.29) is 29.6 Å². The maximum Gasteiger partial charge on any atom is 0.341 e. The average molecular weight is 416 g/mol. The molecule has 0 fully saturated rings. The van der Waals surface area contributed by atoms with Gasteiger partial charge in [-0.25, -0.2) is 9.18 Å². The number of nitrogens with zero attached hydrogens (tertiary/aromatic N) is 3. The van der Waals surface area contributed by atoms with E-state index in [4.69, 9.17) is 14.0 Å². The molecule has 3 aromatic rings. The summed E-state index contributed by atoms with van der Waals surface area (Å²) >= 11 is 0. The molecule has 0 spiro atoms. The third-order valence-corrected chi connectivity index (χ3v) is 3.95. The molecule has 156 valence electrons. The second kappa shape index (κ2) is 9.56. The Labute approximate surface area is 169 Å². The molecule has 0 aliphatic heterocycles. The lowest BCUT2D eigenvalue weighted by atomic mass is 10.1. The van der Waals surface area contributed by atoms with Gasteiger partial charge in [0.2, 0.25) is 5.82 Å². The molecule has 1 aromatic heterocycles. The number of anilines is 1. The lowest BCUT2D eigenvalue weighted by molar-refractivity contribution is -0.384. The van der Waals surface area contributed by atoms with E-state index >= 15 is 0 Å². The highest BCUT2D eigenvalue weighted by atomic mass is 19.1. The predicted molar refractivity (Wildman–Crippen MR) is 102 cm³/mol. The van der Waals surface area contributed by atoms with E-state index in [1.807, 2.05) is 0 Å². The van der Waals surface area contributed by atoms with Gasteiger partial charge in [-0.3, -0.25) is 10.1 Å². The van der Waals surface area contributed by atoms with Gasteiger partial charge in [0, 0.05) is 37.0 Å². The van der Waals surface area contributed by atoms with Crippen molar-refractivity contribution in [1.82, 2.24) is 10.1 Å². The van der Waals surface area contributed by atoms with Gasteiger partial charge >= 0.3 is 5.97 Å². The number of ether oxygens (including phenoxy) is 2. The normalized spacial score (nSPS) is 10.6. The minimum absolute atomic E-state index is 0.0152. The fraction of sp³-hybridized carbons (Fsp3) is 0.211. The Morgan fingerprint density at radius 2 is 2.03 bits per heavy atom. The zero-order chi connectivity index (χ0) is 21.5. The Morgan fingerprint density at radius 3 is 2.73 bits per heavy atom. The first kappa shape index (κ1) is 20.9. The van der Waals surface area contributed by atoms with Crippen LogP contribution in [0.5, 0.6) is 0 Å². The lowest BCUT2D eigenvalue weighted by Gasteiger charge is -2.11. The highest BCUT2D eigenvalue weighted by Crippen LogP contribution is 2.24. The summed E-state index contributed by atoms with van der Waals surface area (Å²) in [5.41, 5.74) is 0.621. The number of carbonyl (C=O) groups excluding carboxylic acids is 1. The van der Waals surface area contributed by atoms with Crippen molar-refractivity contribution in [3.05, 3.63) is 69.9 Å². The van der Waals surface area contributed by atoms with Crippen LogP contribution >= 0.6 is 0 Å². The number of nitrogens with one attached hydrogen (secondary N) is 1. The maximum absolute atomic E-state index is 13.0. The summed E-state index contributed by atoms with van der Waals surface area (Å²) < 4.78 is 28.2. The summed E-state index contributed by atoms with van der Waals surface area (Å²) in [6, 6.07) is 9.30. The van der Waals surface area contributed by atoms with Crippen molar-refractivity contribution >= 4 is 17.3 Å². The van der Waals surface area contributed by atoms with Crippen LogP contribution in [0.4, 0.5) is 15.8 Å². The van der Waals surface area contributed by atoms with Crippen LogP contribution < -0.4 is 5.32 Å². The fourth-order valence-corrected chi connectivity index (χ4v) is 2.49. The minimum Gasteiger partial charge on any atom is -0.452 e. The molecule has 10 nitrogen and oxygen atoms in total. The summed E-state index contributed by atoms with van der Waals surface area (Å²) in [6.07, 6.45) is 0. The lowest BCUT2D eigenvalue weighted by Crippen LogP contribution is -2.13. The van der Waals surface area contributed by atoms with Gasteiger partial charge in [0.25, 0.3) is 11.6 Å². The molecule has 0 saturated heterocycles. The third kappa shape index (κ3) is 5.14. The molecule has 0 bridgehead atoms. The van der Waals surface area contributed by atoms with Gasteiger partial charge in [0.15, 0.2) is 6.61 Å². The molecule has 0 aliphatic carbocycles. The number of methoxy groups -OCH3 is 1. The maximum atomic E-state index is 13.0. The summed E-state index contributed by atoms with van der Waals surface area (Å²) in [7, 11) is 1.53. The molecular formula is C19H17FN4O6. The molecule has 1 heterocycles. The highest BCUT2D eigenvalue weighted by Gasteiger charge is 2.19. The molecule has 0 atom stereocenters. The van der Waals surface area contributed by atoms with Gasteiger partial charge in [0.1, 0.15) is 5.82 Å². The van der Waals surface area contributed by atoms with Crippen molar-refractivity contribution in [1.29, 1.82) is 0 Å². The van der Waals surface area contributed by atoms with Gasteiger partial charge in [-0.1, -0.05) is 5.16 Å². The summed E-state index contributed by atoms with van der Waals surface area (Å²) in [5, 5.41) is 17.8. The monoisotopic (exact) mass is 416 g/mol. The molecule has 3 rings (SSSR count). The molecule has 30 heavy (non-hydrogen) atoms. The standard InChI is InChI=1S/C19H17FN4O6/c1-28-9-8-21-16-7-6-14(24(26)27)10-15(16)19(25)29-11-17-22-18(23-30-17)12-2-4-13(20)5-3-12/h2-7,10,21H,8-9,11H2,1H3. The topological polar surface area (TPSA) is 130 Å². The molecule has 0 radical (unpaired) electrons. The van der Waals surface area contributed by atoms with Crippen molar-refractivity contribution in [2.24, 2.45) is 0 Å². The molecule has 1 N–H and O–H groups in total. The Hall–Kier alpha value is -3.86. The first-order valence-electron chi connectivity index (χ1n) is 8.75. The van der Waals surface area contributed by atoms with Crippen molar-refractivity contribution in [3.63, 3.8) is 0 Å². The third-order valence-electron chi connectivity index (χ3n) is 3.95. The van der Waals surface area contributed by atoms with E-state index in [1.54, 1.807) is 0 Å². The number of rotatable bonds is 9. The van der Waals surface area contributed by atoms with Crippen LogP contribution in [0.1, 0.15) is 16.2 Å². The van der Waals surface area contributed by atoms with E-state index in [1.165, 1.54) is 43.5 Å². The molecular weight excluding hydrogens is 399 g/mol. The van der Waals surface area contributed by atoms with Gasteiger partial charge in [0.05, 0.1) is 17.1 Å². The smallest absolute Gasteiger partial charge is 0.341 e. The number of non-ortho nitro benzene ring substituents is 1. The number of esters is 1. The van der Waals surface area contributed by atoms with Crippen LogP contribution in [0.25, 0.3) is 11.4 Å². The van der Waals surface area contributed by atoms with Crippen molar-refractivity contribution in [2.45, 2.75) is 6.61 Å². The van der Waals surface area contributed by atoms with Crippen LogP contribution in [0.3, 0.4) is 0 Å². The van der Waals surface area contributed by atoms with E-state index in [0.29, 0.717) is 24.4 Å². The number of hydrogen-bond acceptors (Lipinski definition) is 9. The predicted octanol–water partition coefficient (Wildman–Crippen LogP) is 3.20. The summed E-state index contributed by atoms with van der Waals surface area (Å²) in [5.74, 6) is -0.983. The average Bonchev–Trinajstić information content (AvgIpc) is 3.22. The quantitative estimate of drug-likeness (QED) is 0.242. The molecule has 0 unspecified atom stereocenters. The van der Waals surface area contributed by atoms with Crippen LogP contribution in [-0.4, -0.2) is 41.3 Å². The SMILES string of the molecule is COCCNc1ccc([N+](=O)[O-])cc1C(=O)OCc1nc(-c2ccc(F)cc2)no1. The largest absolute Gasteiger partial charge is 0.452 e. The van der Waals surface area contributed by atoms with E-state index < -0.39 is 16.7 Å². The number of benzene rings is 2. The molecule has 0 amide bonds. The van der Waals surface area contributed by atoms with Gasteiger partial charge < -0.3 is 19.3 Å². The number of nitro groups is 1. The second-order valence-corrected chi connectivity index (χ2v) is 6.00. The van der Waals surface area contributed by atoms with Gasteiger partial charge in [-0.15, -0.1) is 0 Å². The number of halogens is 1. The van der Waals surface area contributed by atoms with Crippen molar-refractivity contribution < 1.29 is 28.1 Å². The van der Waals surface area contributed by atoms with Crippen molar-refractivity contribution in [2.75, 3.05) is 25.6 Å². The van der Waals surface area contributed by atoms with Crippen molar-refractivity contribution in [3.8, 4) is 11.4 Å². The Balaban J connectivity index is 1.71. The van der Waals surface area contributed by atoms with E-state index in [2.05, 4.69) is 15.5 Å². The Bertz CT molecular complexity index is 1040. The zero-order valence-corrected chi connectivity index (χ0v) is 15.8. The van der Waals surface area contributed by atoms with Crippen LogP contribution in [-0.2, 0) is 16.1 Å². The Kier molecular flexibility index (Phi) is 6.65. The number of carbonyl (C=O) groups is 1. The first-order valence-corrected chi connectivity index (χ1v) is 8.75. The molecule has 2 aromatic carbocycles. The van der Waals surface area contributed by atoms with Gasteiger partial charge in [-0.05, 0) is 30.3 Å². The number of hydrogen-bond donors (Lipinski definition) is 1.